The van der Waals surface area contributed by atoms with Gasteiger partial charge in [0, 0.05) is 55.6 Å². The number of fused-ring (bicyclic) bond motifs is 1. The first-order chi connectivity index (χ1) is 16.5. The third kappa shape index (κ3) is 3.42. The number of aryl methyl sites for hydroxylation is 1. The maximum absolute atomic E-state index is 13.7. The number of benzene rings is 2. The van der Waals surface area contributed by atoms with Crippen LogP contribution in [0.2, 0.25) is 10.0 Å². The van der Waals surface area contributed by atoms with Crippen LogP contribution < -0.4 is 5.32 Å². The summed E-state index contributed by atoms with van der Waals surface area (Å²) in [6.07, 6.45) is 1.22. The molecule has 0 fully saturated rings. The molecule has 0 saturated heterocycles. The summed E-state index contributed by atoms with van der Waals surface area (Å²) in [5, 5.41) is 11.7. The quantitative estimate of drug-likeness (QED) is 0.313. The molecular formula is C27H21Cl2N3OS. The van der Waals surface area contributed by atoms with Crippen molar-refractivity contribution in [2.75, 3.05) is 5.32 Å². The van der Waals surface area contributed by atoms with Gasteiger partial charge < -0.3 is 5.32 Å². The van der Waals surface area contributed by atoms with Crippen molar-refractivity contribution in [1.29, 1.82) is 0 Å². The first-order valence-electron chi connectivity index (χ1n) is 11.2. The number of hydrogen-bond acceptors (Lipinski definition) is 4. The van der Waals surface area contributed by atoms with Gasteiger partial charge in [0.15, 0.2) is 5.78 Å². The van der Waals surface area contributed by atoms with Gasteiger partial charge in [-0.3, -0.25) is 4.79 Å². The predicted molar refractivity (Wildman–Crippen MR) is 139 cm³/mol. The molecule has 170 valence electrons. The Morgan fingerprint density at radius 3 is 2.44 bits per heavy atom. The van der Waals surface area contributed by atoms with Gasteiger partial charge in [-0.1, -0.05) is 53.5 Å². The minimum atomic E-state index is -0.373. The summed E-state index contributed by atoms with van der Waals surface area (Å²) >= 11 is 15.2. The Morgan fingerprint density at radius 1 is 0.971 bits per heavy atom. The molecule has 1 N–H and O–H groups in total. The van der Waals surface area contributed by atoms with Crippen LogP contribution in [0.4, 0.5) is 5.82 Å². The molecule has 0 bridgehead atoms. The number of Topliss-reactive ketones (excluding diaryl/α,β-unsaturated/α-hetero) is 1. The molecule has 0 radical (unpaired) electrons. The Morgan fingerprint density at radius 2 is 1.74 bits per heavy atom. The lowest BCUT2D eigenvalue weighted by atomic mass is 9.73. The van der Waals surface area contributed by atoms with Gasteiger partial charge >= 0.3 is 0 Å². The Balaban J connectivity index is 1.59. The number of nitrogens with one attached hydrogen (secondary N) is 1. The highest BCUT2D eigenvalue weighted by molar-refractivity contribution is 7.10. The lowest BCUT2D eigenvalue weighted by molar-refractivity contribution is -0.116. The molecule has 2 aromatic carbocycles. The fraction of sp³-hybridized carbons (Fsp3) is 0.185. The minimum absolute atomic E-state index is 0.130. The maximum atomic E-state index is 13.7. The van der Waals surface area contributed by atoms with E-state index in [9.17, 15) is 4.79 Å². The zero-order valence-corrected chi connectivity index (χ0v) is 20.7. The van der Waals surface area contributed by atoms with Crippen molar-refractivity contribution in [2.45, 2.75) is 31.6 Å². The largest absolute Gasteiger partial charge is 0.343 e. The van der Waals surface area contributed by atoms with Crippen LogP contribution in [-0.4, -0.2) is 15.6 Å². The lowest BCUT2D eigenvalue weighted by Crippen LogP contribution is -2.30. The van der Waals surface area contributed by atoms with Crippen molar-refractivity contribution >= 4 is 46.1 Å². The van der Waals surface area contributed by atoms with Crippen LogP contribution in [0.1, 0.15) is 46.4 Å². The zero-order chi connectivity index (χ0) is 23.4. The summed E-state index contributed by atoms with van der Waals surface area (Å²) in [6, 6.07) is 19.7. The molecule has 0 saturated carbocycles. The molecule has 1 aliphatic heterocycles. The van der Waals surface area contributed by atoms with Gasteiger partial charge in [0.2, 0.25) is 0 Å². The Hall–Kier alpha value is -2.86. The van der Waals surface area contributed by atoms with Gasteiger partial charge in [-0.25, -0.2) is 4.68 Å². The number of anilines is 1. The molecular weight excluding hydrogens is 485 g/mol. The van der Waals surface area contributed by atoms with Crippen LogP contribution in [0.3, 0.4) is 0 Å². The number of halogens is 2. The third-order valence-electron chi connectivity index (χ3n) is 6.70. The first kappa shape index (κ1) is 21.7. The molecule has 2 aromatic heterocycles. The van der Waals surface area contributed by atoms with E-state index in [4.69, 9.17) is 28.3 Å². The molecule has 7 heteroatoms. The van der Waals surface area contributed by atoms with E-state index in [-0.39, 0.29) is 17.6 Å². The molecule has 0 spiro atoms. The molecule has 0 unspecified atom stereocenters. The summed E-state index contributed by atoms with van der Waals surface area (Å²) in [5.41, 5.74) is 5.18. The second-order valence-electron chi connectivity index (χ2n) is 8.72. The van der Waals surface area contributed by atoms with E-state index in [0.717, 1.165) is 46.0 Å². The fourth-order valence-electron chi connectivity index (χ4n) is 5.23. The van der Waals surface area contributed by atoms with Crippen molar-refractivity contribution in [3.63, 3.8) is 0 Å². The van der Waals surface area contributed by atoms with Crippen molar-refractivity contribution in [1.82, 2.24) is 9.78 Å². The van der Waals surface area contributed by atoms with Crippen LogP contribution in [0.25, 0.3) is 5.69 Å². The van der Waals surface area contributed by atoms with Crippen molar-refractivity contribution in [3.8, 4) is 5.69 Å². The predicted octanol–water partition coefficient (Wildman–Crippen LogP) is 7.51. The number of aromatic nitrogens is 2. The van der Waals surface area contributed by atoms with Crippen molar-refractivity contribution < 1.29 is 4.79 Å². The van der Waals surface area contributed by atoms with Crippen LogP contribution in [0.5, 0.6) is 0 Å². The van der Waals surface area contributed by atoms with Crippen LogP contribution in [0, 0.1) is 6.92 Å². The summed E-state index contributed by atoms with van der Waals surface area (Å²) in [4.78, 5) is 15.0. The van der Waals surface area contributed by atoms with E-state index in [1.54, 1.807) is 11.3 Å². The number of carbonyl (C=O) groups excluding carboxylic acids is 1. The molecule has 1 aliphatic carbocycles. The normalized spacial score (nSPS) is 19.6. The number of para-hydroxylation sites is 1. The summed E-state index contributed by atoms with van der Waals surface area (Å²) in [5.74, 6) is 0.771. The SMILES string of the molecule is Cc1nn(-c2ccccc2)c2c1[C@@H](c1c(Cl)cccc1Cl)C1=C(C[C@H](c3cccs3)CC1=O)N2. The Kier molecular flexibility index (Phi) is 5.36. The van der Waals surface area contributed by atoms with E-state index < -0.39 is 0 Å². The molecule has 4 aromatic rings. The topological polar surface area (TPSA) is 46.9 Å². The Bertz CT molecular complexity index is 1420. The lowest BCUT2D eigenvalue weighted by Gasteiger charge is -2.36. The van der Waals surface area contributed by atoms with Gasteiger partial charge in [-0.05, 0) is 49.1 Å². The monoisotopic (exact) mass is 505 g/mol. The average Bonchev–Trinajstić information content (AvgIpc) is 3.47. The van der Waals surface area contributed by atoms with Crippen LogP contribution in [-0.2, 0) is 4.79 Å². The summed E-state index contributed by atoms with van der Waals surface area (Å²) in [7, 11) is 0. The van der Waals surface area contributed by atoms with Crippen molar-refractivity contribution in [3.05, 3.63) is 109 Å². The molecule has 0 amide bonds. The van der Waals surface area contributed by atoms with E-state index in [1.807, 2.05) is 66.2 Å². The highest BCUT2D eigenvalue weighted by Crippen LogP contribution is 2.52. The number of rotatable bonds is 3. The molecule has 3 heterocycles. The van der Waals surface area contributed by atoms with Gasteiger partial charge in [0.25, 0.3) is 0 Å². The van der Waals surface area contributed by atoms with E-state index in [2.05, 4.69) is 16.8 Å². The Labute approximate surface area is 211 Å². The smallest absolute Gasteiger partial charge is 0.162 e. The fourth-order valence-corrected chi connectivity index (χ4v) is 6.68. The average molecular weight is 506 g/mol. The second kappa shape index (κ2) is 8.42. The zero-order valence-electron chi connectivity index (χ0n) is 18.4. The number of ketones is 1. The van der Waals surface area contributed by atoms with Gasteiger partial charge in [0.1, 0.15) is 5.82 Å². The molecule has 2 atom stereocenters. The minimum Gasteiger partial charge on any atom is -0.343 e. The maximum Gasteiger partial charge on any atom is 0.162 e. The number of carbonyl (C=O) groups is 1. The first-order valence-corrected chi connectivity index (χ1v) is 12.8. The number of hydrogen-bond donors (Lipinski definition) is 1. The number of allylic oxidation sites excluding steroid dienone is 2. The molecule has 2 aliphatic rings. The van der Waals surface area contributed by atoms with Gasteiger partial charge in [0.05, 0.1) is 11.4 Å². The van der Waals surface area contributed by atoms with Gasteiger partial charge in [-0.15, -0.1) is 11.3 Å². The highest BCUT2D eigenvalue weighted by atomic mass is 35.5. The van der Waals surface area contributed by atoms with Crippen molar-refractivity contribution in [2.24, 2.45) is 0 Å². The van der Waals surface area contributed by atoms with Gasteiger partial charge in [-0.2, -0.15) is 5.10 Å². The number of thiophene rings is 1. The highest BCUT2D eigenvalue weighted by Gasteiger charge is 2.42. The van der Waals surface area contributed by atoms with E-state index >= 15 is 0 Å². The third-order valence-corrected chi connectivity index (χ3v) is 8.39. The molecule has 6 rings (SSSR count). The standard InChI is InChI=1S/C27H21Cl2N3OS/c1-15-23-26(24-18(28)9-5-10-19(24)29)25-20(13-16(14-21(25)33)22-11-6-12-34-22)30-27(23)32(31-15)17-7-3-2-4-8-17/h2-12,16,26,30H,13-14H2,1H3/t16-,26-/m0/s1. The molecule has 4 nitrogen and oxygen atoms in total. The number of nitrogens with zero attached hydrogens (tertiary/aromatic N) is 2. The van der Waals surface area contributed by atoms with Crippen LogP contribution >= 0.6 is 34.5 Å². The second-order valence-corrected chi connectivity index (χ2v) is 10.5. The summed E-state index contributed by atoms with van der Waals surface area (Å²) < 4.78 is 1.92. The van der Waals surface area contributed by atoms with E-state index in [0.29, 0.717) is 16.5 Å². The summed E-state index contributed by atoms with van der Waals surface area (Å²) in [6.45, 7) is 1.98. The van der Waals surface area contributed by atoms with E-state index in [1.165, 1.54) is 4.88 Å². The van der Waals surface area contributed by atoms with Crippen LogP contribution in [0.15, 0.2) is 77.3 Å². The molecule has 34 heavy (non-hydrogen) atoms.